The summed E-state index contributed by atoms with van der Waals surface area (Å²) in [6, 6.07) is 8.19. The van der Waals surface area contributed by atoms with Gasteiger partial charge in [-0.15, -0.1) is 0 Å². The molecule has 3 aromatic rings. The van der Waals surface area contributed by atoms with E-state index in [2.05, 4.69) is 46.2 Å². The van der Waals surface area contributed by atoms with E-state index in [9.17, 15) is 0 Å². The molecule has 0 radical (unpaired) electrons. The average Bonchev–Trinajstić information content (AvgIpc) is 3.05. The van der Waals surface area contributed by atoms with Gasteiger partial charge in [-0.05, 0) is 29.7 Å². The Balaban J connectivity index is 0.00000210. The molecule has 1 atom stereocenters. The van der Waals surface area contributed by atoms with Crippen LogP contribution in [0.25, 0.3) is 22.4 Å². The second-order valence-corrected chi connectivity index (χ2v) is 8.20. The van der Waals surface area contributed by atoms with E-state index in [1.54, 1.807) is 6.20 Å². The van der Waals surface area contributed by atoms with E-state index in [0.29, 0.717) is 22.4 Å². The predicted molar refractivity (Wildman–Crippen MR) is 108 cm³/mol. The van der Waals surface area contributed by atoms with E-state index in [0.717, 1.165) is 36.5 Å². The molecule has 0 amide bonds. The maximum absolute atomic E-state index is 6.47. The number of pyridine rings is 2. The Kier molecular flexibility index (Phi) is 4.32. The molecule has 0 spiro atoms. The number of aromatic nitrogens is 4. The fourth-order valence-electron chi connectivity index (χ4n) is 3.35. The van der Waals surface area contributed by atoms with Crippen molar-refractivity contribution in [3.8, 4) is 11.4 Å². The molecule has 0 aromatic carbocycles. The van der Waals surface area contributed by atoms with E-state index in [4.69, 9.17) is 16.6 Å². The van der Waals surface area contributed by atoms with Gasteiger partial charge in [-0.2, -0.15) is 5.10 Å². The normalized spacial score (nSPS) is 18.5. The molecule has 138 valence electrons. The first-order chi connectivity index (χ1) is 12.4. The average molecular weight is 373 g/mol. The van der Waals surface area contributed by atoms with Gasteiger partial charge in [0.2, 0.25) is 0 Å². The van der Waals surface area contributed by atoms with Crippen molar-refractivity contribution in [3.05, 3.63) is 35.5 Å². The van der Waals surface area contributed by atoms with E-state index >= 15 is 0 Å². The first-order valence-corrected chi connectivity index (χ1v) is 9.25. The van der Waals surface area contributed by atoms with Crippen LogP contribution in [-0.2, 0) is 0 Å². The number of piperazine rings is 1. The highest BCUT2D eigenvalue weighted by Crippen LogP contribution is 2.32. The van der Waals surface area contributed by atoms with Crippen LogP contribution in [-0.4, -0.2) is 45.8 Å². The van der Waals surface area contributed by atoms with Gasteiger partial charge in [0, 0.05) is 38.7 Å². The van der Waals surface area contributed by atoms with E-state index in [1.807, 2.05) is 24.3 Å². The Labute approximate surface area is 159 Å². The van der Waals surface area contributed by atoms with Crippen molar-refractivity contribution in [2.45, 2.75) is 26.8 Å². The molecular weight excluding hydrogens is 348 g/mol. The minimum Gasteiger partial charge on any atom is -0.354 e. The summed E-state index contributed by atoms with van der Waals surface area (Å²) in [6.07, 6.45) is 1.73. The Morgan fingerprint density at radius 2 is 2.12 bits per heavy atom. The summed E-state index contributed by atoms with van der Waals surface area (Å²) in [5.41, 5.74) is 2.38. The van der Waals surface area contributed by atoms with Gasteiger partial charge >= 0.3 is 0 Å². The van der Waals surface area contributed by atoms with Gasteiger partial charge in [0.1, 0.15) is 11.5 Å². The quantitative estimate of drug-likeness (QED) is 0.717. The zero-order valence-electron chi connectivity index (χ0n) is 15.3. The summed E-state index contributed by atoms with van der Waals surface area (Å²) >= 11 is 6.47. The molecule has 7 heteroatoms. The van der Waals surface area contributed by atoms with Crippen LogP contribution >= 0.6 is 11.6 Å². The molecule has 4 heterocycles. The number of H-pyrrole nitrogens is 1. The number of nitrogens with one attached hydrogen (secondary N) is 2. The third kappa shape index (κ3) is 3.15. The van der Waals surface area contributed by atoms with Crippen LogP contribution in [0.2, 0.25) is 5.02 Å². The third-order valence-corrected chi connectivity index (χ3v) is 5.25. The highest BCUT2D eigenvalue weighted by atomic mass is 35.5. The molecule has 1 aliphatic rings. The molecule has 2 N–H and O–H groups in total. The molecule has 0 saturated carbocycles. The second kappa shape index (κ2) is 6.52. The van der Waals surface area contributed by atoms with Crippen molar-refractivity contribution in [1.29, 1.82) is 0 Å². The molecule has 1 fully saturated rings. The third-order valence-electron chi connectivity index (χ3n) is 4.94. The van der Waals surface area contributed by atoms with Crippen molar-refractivity contribution in [3.63, 3.8) is 0 Å². The molecule has 1 saturated heterocycles. The highest BCUT2D eigenvalue weighted by molar-refractivity contribution is 6.33. The number of hydrogen-bond acceptors (Lipinski definition) is 5. The van der Waals surface area contributed by atoms with Crippen LogP contribution in [0.4, 0.5) is 5.82 Å². The first kappa shape index (κ1) is 17.2. The minimum atomic E-state index is 0. The lowest BCUT2D eigenvalue weighted by molar-refractivity contribution is 0.253. The smallest absolute Gasteiger partial charge is 0.181 e. The van der Waals surface area contributed by atoms with Crippen LogP contribution in [0.3, 0.4) is 0 Å². The molecule has 26 heavy (non-hydrogen) atoms. The Morgan fingerprint density at radius 1 is 1.27 bits per heavy atom. The van der Waals surface area contributed by atoms with Crippen LogP contribution in [0.15, 0.2) is 30.5 Å². The summed E-state index contributed by atoms with van der Waals surface area (Å²) in [5.74, 6) is 0.937. The maximum Gasteiger partial charge on any atom is 0.181 e. The number of aromatic amines is 1. The van der Waals surface area contributed by atoms with E-state index < -0.39 is 0 Å². The van der Waals surface area contributed by atoms with Gasteiger partial charge in [0.25, 0.3) is 0 Å². The van der Waals surface area contributed by atoms with Gasteiger partial charge in [0.15, 0.2) is 5.65 Å². The second-order valence-electron chi connectivity index (χ2n) is 7.79. The first-order valence-electron chi connectivity index (χ1n) is 8.88. The lowest BCUT2D eigenvalue weighted by atomic mass is 9.85. The van der Waals surface area contributed by atoms with Crippen molar-refractivity contribution in [2.75, 3.05) is 24.5 Å². The summed E-state index contributed by atoms with van der Waals surface area (Å²) in [4.78, 5) is 11.5. The van der Waals surface area contributed by atoms with Crippen LogP contribution < -0.4 is 10.2 Å². The topological polar surface area (TPSA) is 69.7 Å². The summed E-state index contributed by atoms with van der Waals surface area (Å²) in [7, 11) is 0. The predicted octanol–water partition coefficient (Wildman–Crippen LogP) is 3.74. The molecule has 1 aliphatic heterocycles. The van der Waals surface area contributed by atoms with Crippen LogP contribution in [0.5, 0.6) is 0 Å². The van der Waals surface area contributed by atoms with Gasteiger partial charge in [-0.1, -0.05) is 32.4 Å². The number of anilines is 1. The molecule has 0 bridgehead atoms. The molecular formula is C19H25ClN6. The molecule has 0 aliphatic carbocycles. The van der Waals surface area contributed by atoms with Gasteiger partial charge in [0.05, 0.1) is 10.7 Å². The molecule has 4 rings (SSSR count). The number of rotatable bonds is 2. The van der Waals surface area contributed by atoms with Gasteiger partial charge in [-0.3, -0.25) is 5.10 Å². The molecule has 6 nitrogen and oxygen atoms in total. The van der Waals surface area contributed by atoms with Crippen LogP contribution in [0, 0.1) is 5.41 Å². The Morgan fingerprint density at radius 3 is 2.92 bits per heavy atom. The number of halogens is 1. The summed E-state index contributed by atoms with van der Waals surface area (Å²) in [6.45, 7) is 9.57. The van der Waals surface area contributed by atoms with E-state index in [-0.39, 0.29) is 6.84 Å². The number of hydrogen-bond donors (Lipinski definition) is 2. The zero-order chi connectivity index (χ0) is 18.3. The zero-order valence-corrected chi connectivity index (χ0v) is 16.0. The van der Waals surface area contributed by atoms with E-state index in [1.165, 1.54) is 0 Å². The van der Waals surface area contributed by atoms with Crippen LogP contribution in [0.1, 0.15) is 22.2 Å². The van der Waals surface area contributed by atoms with Crippen molar-refractivity contribution >= 4 is 28.5 Å². The summed E-state index contributed by atoms with van der Waals surface area (Å²) < 4.78 is 0. The fraction of sp³-hybridized carbons (Fsp3) is 0.421. The Bertz CT molecular complexity index is 935. The van der Waals surface area contributed by atoms with Crippen molar-refractivity contribution in [1.82, 2.24) is 25.5 Å². The van der Waals surface area contributed by atoms with Gasteiger partial charge in [-0.25, -0.2) is 9.97 Å². The number of fused-ring (bicyclic) bond motifs is 1. The minimum absolute atomic E-state index is 0. The Hall–Kier alpha value is -2.18. The lowest BCUT2D eigenvalue weighted by Crippen LogP contribution is -2.56. The standard InChI is InChI=1S/C19H23ClN6.H2/c1-19(2,3)14-11-26(10-9-21-14)15-7-6-13(20)17(23-15)16-12-5-4-8-22-18(12)25-24-16;/h4-8,14,21H,9-11H2,1-3H3,(H,22,24,25);1H/t14-;/m1./s1. The molecule has 3 aromatic heterocycles. The maximum atomic E-state index is 6.47. The SMILES string of the molecule is CC(C)(C)[C@H]1CN(c2ccc(Cl)c(-c3[nH]nc4ncccc34)n2)CCN1.[HH]. The number of nitrogens with zero attached hydrogens (tertiary/aromatic N) is 4. The largest absolute Gasteiger partial charge is 0.354 e. The lowest BCUT2D eigenvalue weighted by Gasteiger charge is -2.41. The fourth-order valence-corrected chi connectivity index (χ4v) is 3.55. The highest BCUT2D eigenvalue weighted by Gasteiger charge is 2.30. The van der Waals surface area contributed by atoms with Gasteiger partial charge < -0.3 is 10.2 Å². The molecule has 0 unspecified atom stereocenters. The van der Waals surface area contributed by atoms with Crippen molar-refractivity contribution in [2.24, 2.45) is 5.41 Å². The monoisotopic (exact) mass is 372 g/mol. The summed E-state index contributed by atoms with van der Waals surface area (Å²) in [5, 5.41) is 12.5. The van der Waals surface area contributed by atoms with Crippen molar-refractivity contribution < 1.29 is 1.43 Å².